The van der Waals surface area contributed by atoms with Crippen molar-refractivity contribution in [3.05, 3.63) is 71.8 Å². The second-order valence-electron chi connectivity index (χ2n) is 10.4. The second-order valence-corrected chi connectivity index (χ2v) is 12.1. The number of esters is 1. The quantitative estimate of drug-likeness (QED) is 0.168. The van der Waals surface area contributed by atoms with E-state index in [2.05, 4.69) is 14.7 Å². The number of carboxylic acid groups (broad SMARTS) is 1. The number of sulfonamides is 1. The van der Waals surface area contributed by atoms with Crippen LogP contribution in [0.2, 0.25) is 0 Å². The monoisotopic (exact) mass is 587 g/mol. The zero-order chi connectivity index (χ0) is 30.0. The van der Waals surface area contributed by atoms with E-state index in [4.69, 9.17) is 14.6 Å². The standard InChI is InChI=1S/C29H34FN3O7S/c1-29(2,3)40-26(34)10-8-6-4-5-7-9-20-17-23(13-16-25(20)30)39-22-11-14-24(15-12-22)41(37,38)33-28-31-18-21(19-32-28)27(35)36/h11-19H,4-10H2,1-3H3,(H,35,36)(H,31,32,33). The largest absolute Gasteiger partial charge is 0.478 e. The molecule has 0 saturated heterocycles. The predicted molar refractivity (Wildman–Crippen MR) is 150 cm³/mol. The summed E-state index contributed by atoms with van der Waals surface area (Å²) in [6.45, 7) is 5.53. The van der Waals surface area contributed by atoms with E-state index < -0.39 is 21.6 Å². The Hall–Kier alpha value is -4.06. The Labute approximate surface area is 239 Å². The molecule has 0 aliphatic rings. The number of rotatable bonds is 14. The fraction of sp³-hybridized carbons (Fsp3) is 0.379. The number of benzene rings is 2. The number of anilines is 1. The smallest absolute Gasteiger partial charge is 0.338 e. The van der Waals surface area contributed by atoms with Crippen LogP contribution in [-0.2, 0) is 26.0 Å². The molecule has 10 nitrogen and oxygen atoms in total. The molecule has 2 N–H and O–H groups in total. The number of carbonyl (C=O) groups excluding carboxylic acids is 1. The van der Waals surface area contributed by atoms with Crippen LogP contribution in [0, 0.1) is 5.82 Å². The van der Waals surface area contributed by atoms with Crippen molar-refractivity contribution in [2.24, 2.45) is 0 Å². The van der Waals surface area contributed by atoms with Crippen molar-refractivity contribution in [2.45, 2.75) is 76.2 Å². The molecule has 0 unspecified atom stereocenters. The Morgan fingerprint density at radius 2 is 1.54 bits per heavy atom. The van der Waals surface area contributed by atoms with Crippen LogP contribution in [0.3, 0.4) is 0 Å². The van der Waals surface area contributed by atoms with Crippen molar-refractivity contribution < 1.29 is 37.0 Å². The van der Waals surface area contributed by atoms with E-state index in [1.165, 1.54) is 36.4 Å². The summed E-state index contributed by atoms with van der Waals surface area (Å²) in [6.07, 6.45) is 7.20. The number of aromatic nitrogens is 2. The summed E-state index contributed by atoms with van der Waals surface area (Å²) in [6, 6.07) is 10.0. The highest BCUT2D eigenvalue weighted by Gasteiger charge is 2.17. The van der Waals surface area contributed by atoms with Gasteiger partial charge in [-0.3, -0.25) is 4.79 Å². The molecule has 0 atom stereocenters. The lowest BCUT2D eigenvalue weighted by atomic mass is 10.0. The molecule has 1 heterocycles. The Balaban J connectivity index is 1.48. The van der Waals surface area contributed by atoms with Gasteiger partial charge in [0, 0.05) is 18.8 Å². The average Bonchev–Trinajstić information content (AvgIpc) is 2.89. The minimum atomic E-state index is -4.03. The molecule has 41 heavy (non-hydrogen) atoms. The van der Waals surface area contributed by atoms with Gasteiger partial charge in [-0.25, -0.2) is 32.3 Å². The van der Waals surface area contributed by atoms with Gasteiger partial charge in [-0.1, -0.05) is 19.3 Å². The molecule has 0 radical (unpaired) electrons. The molecule has 0 saturated carbocycles. The topological polar surface area (TPSA) is 145 Å². The van der Waals surface area contributed by atoms with Crippen molar-refractivity contribution in [1.82, 2.24) is 9.97 Å². The first-order valence-corrected chi connectivity index (χ1v) is 14.7. The third-order valence-electron chi connectivity index (χ3n) is 5.76. The third kappa shape index (κ3) is 10.5. The number of ether oxygens (including phenoxy) is 2. The van der Waals surface area contributed by atoms with Gasteiger partial charge in [0.15, 0.2) is 0 Å². The molecular weight excluding hydrogens is 553 g/mol. The van der Waals surface area contributed by atoms with Gasteiger partial charge < -0.3 is 14.6 Å². The Bertz CT molecular complexity index is 1440. The lowest BCUT2D eigenvalue weighted by Crippen LogP contribution is -2.23. The average molecular weight is 588 g/mol. The van der Waals surface area contributed by atoms with Crippen LogP contribution in [0.5, 0.6) is 11.5 Å². The highest BCUT2D eigenvalue weighted by atomic mass is 32.2. The molecule has 0 bridgehead atoms. The number of nitrogens with one attached hydrogen (secondary N) is 1. The molecule has 220 valence electrons. The first kappa shape index (κ1) is 31.5. The number of hydrogen-bond donors (Lipinski definition) is 2. The van der Waals surface area contributed by atoms with Gasteiger partial charge >= 0.3 is 11.9 Å². The minimum Gasteiger partial charge on any atom is -0.478 e. The number of carbonyl (C=O) groups is 2. The zero-order valence-corrected chi connectivity index (χ0v) is 24.0. The Morgan fingerprint density at radius 1 is 0.927 bits per heavy atom. The molecule has 12 heteroatoms. The Morgan fingerprint density at radius 3 is 2.17 bits per heavy atom. The number of carboxylic acids is 1. The van der Waals surface area contributed by atoms with E-state index in [1.807, 2.05) is 20.8 Å². The number of aryl methyl sites for hydroxylation is 1. The molecule has 0 amide bonds. The molecule has 0 fully saturated rings. The summed E-state index contributed by atoms with van der Waals surface area (Å²) in [5, 5.41) is 8.90. The zero-order valence-electron chi connectivity index (χ0n) is 23.2. The third-order valence-corrected chi connectivity index (χ3v) is 7.10. The lowest BCUT2D eigenvalue weighted by molar-refractivity contribution is -0.154. The maximum absolute atomic E-state index is 14.4. The fourth-order valence-electron chi connectivity index (χ4n) is 3.81. The SMILES string of the molecule is CC(C)(C)OC(=O)CCCCCCCc1cc(Oc2ccc(S(=O)(=O)Nc3ncc(C(=O)O)cn3)cc2)ccc1F. The minimum absolute atomic E-state index is 0.0818. The van der Waals surface area contributed by atoms with Gasteiger partial charge in [0.05, 0.1) is 10.5 Å². The number of halogens is 1. The maximum atomic E-state index is 14.4. The van der Waals surface area contributed by atoms with Crippen LogP contribution < -0.4 is 9.46 Å². The summed E-state index contributed by atoms with van der Waals surface area (Å²) in [5.74, 6) is -1.24. The van der Waals surface area contributed by atoms with Gasteiger partial charge in [0.25, 0.3) is 10.0 Å². The van der Waals surface area contributed by atoms with Crippen LogP contribution in [-0.4, -0.2) is 41.0 Å². The van der Waals surface area contributed by atoms with Crippen molar-refractivity contribution >= 4 is 27.9 Å². The molecular formula is C29H34FN3O7S. The van der Waals surface area contributed by atoms with Crippen LogP contribution in [0.4, 0.5) is 10.3 Å². The normalized spacial score (nSPS) is 11.6. The van der Waals surface area contributed by atoms with Crippen LogP contribution in [0.1, 0.15) is 75.2 Å². The lowest BCUT2D eigenvalue weighted by Gasteiger charge is -2.19. The first-order chi connectivity index (χ1) is 19.3. The van der Waals surface area contributed by atoms with Crippen molar-refractivity contribution in [3.63, 3.8) is 0 Å². The highest BCUT2D eigenvalue weighted by Crippen LogP contribution is 2.26. The van der Waals surface area contributed by atoms with Crippen LogP contribution in [0.25, 0.3) is 0 Å². The van der Waals surface area contributed by atoms with Gasteiger partial charge in [0.2, 0.25) is 5.95 Å². The summed E-state index contributed by atoms with van der Waals surface area (Å²) < 4.78 is 52.9. The van der Waals surface area contributed by atoms with Crippen molar-refractivity contribution in [2.75, 3.05) is 4.72 Å². The van der Waals surface area contributed by atoms with Crippen molar-refractivity contribution in [1.29, 1.82) is 0 Å². The summed E-state index contributed by atoms with van der Waals surface area (Å²) in [4.78, 5) is 30.0. The van der Waals surface area contributed by atoms with Crippen molar-refractivity contribution in [3.8, 4) is 11.5 Å². The fourth-order valence-corrected chi connectivity index (χ4v) is 4.77. The molecule has 3 rings (SSSR count). The second kappa shape index (κ2) is 14.0. The molecule has 0 aliphatic carbocycles. The van der Waals surface area contributed by atoms with Gasteiger partial charge in [-0.2, -0.15) is 0 Å². The number of nitrogens with zero attached hydrogens (tertiary/aromatic N) is 2. The predicted octanol–water partition coefficient (Wildman–Crippen LogP) is 6.13. The molecule has 0 spiro atoms. The molecule has 3 aromatic rings. The van der Waals surface area contributed by atoms with Gasteiger partial charge in [0.1, 0.15) is 22.9 Å². The van der Waals surface area contributed by atoms with E-state index >= 15 is 0 Å². The van der Waals surface area contributed by atoms with E-state index in [0.29, 0.717) is 29.9 Å². The van der Waals surface area contributed by atoms with E-state index in [9.17, 15) is 22.4 Å². The molecule has 0 aliphatic heterocycles. The van der Waals surface area contributed by atoms with Crippen LogP contribution in [0.15, 0.2) is 59.8 Å². The number of unbranched alkanes of at least 4 members (excludes halogenated alkanes) is 4. The molecule has 2 aromatic carbocycles. The maximum Gasteiger partial charge on any atom is 0.338 e. The van der Waals surface area contributed by atoms with Gasteiger partial charge in [-0.05, 0) is 88.1 Å². The first-order valence-electron chi connectivity index (χ1n) is 13.2. The molecule has 1 aromatic heterocycles. The number of aromatic carboxylic acids is 1. The summed E-state index contributed by atoms with van der Waals surface area (Å²) in [5.41, 5.74) is -0.128. The highest BCUT2D eigenvalue weighted by molar-refractivity contribution is 7.92. The summed E-state index contributed by atoms with van der Waals surface area (Å²) in [7, 11) is -4.03. The summed E-state index contributed by atoms with van der Waals surface area (Å²) >= 11 is 0. The Kier molecular flexibility index (Phi) is 10.8. The van der Waals surface area contributed by atoms with Gasteiger partial charge in [-0.15, -0.1) is 0 Å². The van der Waals surface area contributed by atoms with E-state index in [-0.39, 0.29) is 28.2 Å². The van der Waals surface area contributed by atoms with E-state index in [1.54, 1.807) is 6.07 Å². The van der Waals surface area contributed by atoms with Crippen LogP contribution >= 0.6 is 0 Å². The number of hydrogen-bond acceptors (Lipinski definition) is 8. The van der Waals surface area contributed by atoms with E-state index in [0.717, 1.165) is 44.5 Å².